The number of carbonyl (C=O) groups is 4. The maximum atomic E-state index is 12.9. The first-order valence-corrected chi connectivity index (χ1v) is 30.9. The Kier molecular flexibility index (Phi) is 22.1. The third-order valence-corrected chi connectivity index (χ3v) is 16.3. The van der Waals surface area contributed by atoms with Crippen LogP contribution in [0.15, 0.2) is 225 Å². The van der Waals surface area contributed by atoms with E-state index in [2.05, 4.69) is 26.3 Å². The minimum absolute atomic E-state index is 0.0301. The first kappa shape index (κ1) is 69.4. The zero-order chi connectivity index (χ0) is 67.3. The van der Waals surface area contributed by atoms with E-state index >= 15 is 0 Å². The minimum Gasteiger partial charge on any atom is -0.458 e. The fraction of sp³-hybridized carbons (Fsp3) is 0.155. The third-order valence-electron chi connectivity index (χ3n) is 14.3. The number of esters is 4. The lowest BCUT2D eigenvalue weighted by atomic mass is 9.90. The highest BCUT2D eigenvalue weighted by Gasteiger charge is 2.46. The number of benzene rings is 10. The molecule has 0 fully saturated rings. The smallest absolute Gasteiger partial charge is 0.458 e. The monoisotopic (exact) mass is 1290 g/mol. The Labute approximate surface area is 528 Å². The normalized spacial score (nSPS) is 11.6. The molecule has 92 heavy (non-hydrogen) atoms. The quantitative estimate of drug-likeness (QED) is 0.0218. The van der Waals surface area contributed by atoms with Crippen molar-refractivity contribution in [1.29, 1.82) is 0 Å². The molecular formula is C71H64F3NO15S2. The number of hydrogen-bond acceptors (Lipinski definition) is 14. The first-order chi connectivity index (χ1) is 43.4. The van der Waals surface area contributed by atoms with E-state index in [-0.39, 0.29) is 47.8 Å². The van der Waals surface area contributed by atoms with Gasteiger partial charge in [0, 0.05) is 57.0 Å². The van der Waals surface area contributed by atoms with Gasteiger partial charge in [0.2, 0.25) is 0 Å². The summed E-state index contributed by atoms with van der Waals surface area (Å²) in [5, 5.41) is 27.7. The van der Waals surface area contributed by atoms with Gasteiger partial charge in [0.15, 0.2) is 0 Å². The molecule has 0 saturated carbocycles. The molecule has 0 spiro atoms. The van der Waals surface area contributed by atoms with Gasteiger partial charge in [-0.3, -0.25) is 9.27 Å². The van der Waals surface area contributed by atoms with Crippen LogP contribution in [0.2, 0.25) is 0 Å². The van der Waals surface area contributed by atoms with Crippen molar-refractivity contribution < 1.29 is 82.9 Å². The van der Waals surface area contributed by atoms with E-state index in [1.807, 2.05) is 72.8 Å². The average molecular weight is 1290 g/mol. The molecule has 4 N–H and O–H groups in total. The number of ether oxygens (including phenoxy) is 4. The average Bonchev–Trinajstić information content (AvgIpc) is 0.782. The molecule has 10 rings (SSSR count). The van der Waals surface area contributed by atoms with Gasteiger partial charge < -0.3 is 29.2 Å². The van der Waals surface area contributed by atoms with Crippen molar-refractivity contribution in [1.82, 2.24) is 0 Å². The van der Waals surface area contributed by atoms with Gasteiger partial charge in [-0.25, -0.2) is 19.2 Å². The number of alkyl halides is 3. The summed E-state index contributed by atoms with van der Waals surface area (Å²) in [6.45, 7) is 20.6. The van der Waals surface area contributed by atoms with Gasteiger partial charge in [0.1, 0.15) is 31.3 Å². The Morgan fingerprint density at radius 3 is 0.957 bits per heavy atom. The number of aliphatic hydroxyl groups is 2. The number of anilines is 1. The highest BCUT2D eigenvalue weighted by atomic mass is 32.2. The van der Waals surface area contributed by atoms with Gasteiger partial charge in [-0.2, -0.15) is 30.0 Å². The summed E-state index contributed by atoms with van der Waals surface area (Å²) in [6.07, 6.45) is 4.36. The summed E-state index contributed by atoms with van der Waals surface area (Å²) in [7, 11) is -10.1. The number of halogens is 3. The fourth-order valence-corrected chi connectivity index (χ4v) is 11.7. The van der Waals surface area contributed by atoms with Crippen LogP contribution in [0.4, 0.5) is 18.9 Å². The molecule has 10 aromatic rings. The molecule has 0 radical (unpaired) electrons. The summed E-state index contributed by atoms with van der Waals surface area (Å²) in [6, 6.07) is 49.3. The van der Waals surface area contributed by atoms with Gasteiger partial charge >= 0.3 is 39.4 Å². The van der Waals surface area contributed by atoms with Crippen molar-refractivity contribution in [3.05, 3.63) is 254 Å². The maximum Gasteiger partial charge on any atom is 0.516 e. The molecule has 16 nitrogen and oxygen atoms in total. The molecule has 0 amide bonds. The maximum absolute atomic E-state index is 12.9. The Hall–Kier alpha value is -10.0. The molecule has 0 unspecified atom stereocenters. The number of rotatable bonds is 17. The van der Waals surface area contributed by atoms with E-state index < -0.39 is 60.7 Å². The summed E-state index contributed by atoms with van der Waals surface area (Å²) < 4.78 is 118. The number of nitrogens with one attached hydrogen (secondary N) is 1. The lowest BCUT2D eigenvalue weighted by Crippen LogP contribution is -2.30. The number of carbonyl (C=O) groups excluding carboxylic acids is 4. The number of sulfonamides is 1. The predicted molar refractivity (Wildman–Crippen MR) is 350 cm³/mol. The Morgan fingerprint density at radius 1 is 0.413 bits per heavy atom. The predicted octanol–water partition coefficient (Wildman–Crippen LogP) is 14.5. The third kappa shape index (κ3) is 16.5. The lowest BCUT2D eigenvalue weighted by molar-refractivity contribution is -0.139. The van der Waals surface area contributed by atoms with E-state index in [4.69, 9.17) is 18.9 Å². The topological polar surface area (TPSA) is 246 Å². The van der Waals surface area contributed by atoms with Crippen LogP contribution >= 0.6 is 0 Å². The van der Waals surface area contributed by atoms with Gasteiger partial charge in [0.25, 0.3) is 10.1 Å². The molecule has 0 aromatic heterocycles. The van der Waals surface area contributed by atoms with Crippen molar-refractivity contribution in [2.75, 3.05) is 4.72 Å². The summed E-state index contributed by atoms with van der Waals surface area (Å²) in [4.78, 5) is 45.1. The number of hydrogen-bond donors (Lipinski definition) is 4. The molecule has 21 heteroatoms. The standard InChI is InChI=1S/C19H14F3NO4S.C18H14O5S.2C17H18O3/c1-2-17(24)27-11-16-12-7-3-5-9-14(12)18(15-10-6-4-8-13(15)16)23-28(25,26)19(20,21)22;1-2-17(19)23-11-16-12-7-3-5-9-14(12)18(24(20,21)22)15-10-6-4-8-13(15)16;2*1-4-16(18)20-11-12-9-10-15(17(2,3)19)14-8-6-5-7-13(12)14/h2-10,23H,1,11H2;2-10H,1,11H2,(H,20,21,22);2*4-10,19H,1,11H2,2-3H3. The summed E-state index contributed by atoms with van der Waals surface area (Å²) >= 11 is 0. The van der Waals surface area contributed by atoms with Crippen molar-refractivity contribution in [2.24, 2.45) is 0 Å². The zero-order valence-corrected chi connectivity index (χ0v) is 52.0. The van der Waals surface area contributed by atoms with Crippen LogP contribution in [0.5, 0.6) is 0 Å². The molecule has 0 bridgehead atoms. The van der Waals surface area contributed by atoms with Crippen LogP contribution < -0.4 is 4.72 Å². The van der Waals surface area contributed by atoms with Crippen LogP contribution in [0.25, 0.3) is 64.6 Å². The van der Waals surface area contributed by atoms with Crippen LogP contribution in [0.1, 0.15) is 61.1 Å². The molecule has 0 saturated heterocycles. The van der Waals surface area contributed by atoms with E-state index in [1.54, 1.807) is 117 Å². The Morgan fingerprint density at radius 2 is 0.674 bits per heavy atom. The second-order valence-electron chi connectivity index (χ2n) is 21.4. The molecule has 0 atom stereocenters. The van der Waals surface area contributed by atoms with Crippen molar-refractivity contribution in [3.8, 4) is 0 Å². The number of fused-ring (bicyclic) bond motifs is 6. The van der Waals surface area contributed by atoms with Gasteiger partial charge in [0.05, 0.1) is 16.9 Å². The van der Waals surface area contributed by atoms with E-state index in [0.717, 1.165) is 68.1 Å². The van der Waals surface area contributed by atoms with Crippen molar-refractivity contribution in [2.45, 2.75) is 75.7 Å². The largest absolute Gasteiger partial charge is 0.516 e. The van der Waals surface area contributed by atoms with Gasteiger partial charge in [-0.05, 0) is 93.0 Å². The summed E-state index contributed by atoms with van der Waals surface area (Å²) in [5.41, 5.74) is -2.77. The van der Waals surface area contributed by atoms with Crippen molar-refractivity contribution >= 4 is 114 Å². The van der Waals surface area contributed by atoms with Crippen LogP contribution in [0.3, 0.4) is 0 Å². The van der Waals surface area contributed by atoms with Gasteiger partial charge in [-0.15, -0.1) is 0 Å². The van der Waals surface area contributed by atoms with Crippen LogP contribution in [0, 0.1) is 0 Å². The Bertz CT molecular complexity index is 4510. The molecular weight excluding hydrogens is 1230 g/mol. The second kappa shape index (κ2) is 29.3. The SMILES string of the molecule is C=CC(=O)OCc1c2ccccc2c(NS(=O)(=O)C(F)(F)F)c2ccccc12.C=CC(=O)OCc1c2ccccc2c(S(=O)(=O)O)c2ccccc12.C=CC(=O)OCc1ccc(C(C)(C)O)c2ccccc12.C=CC(=O)OCc1ccc(C(C)(C)O)c2ccccc12. The molecule has 0 aliphatic heterocycles. The molecule has 476 valence electrons. The Balaban J connectivity index is 0.000000176. The van der Waals surface area contributed by atoms with E-state index in [1.165, 1.54) is 12.1 Å². The highest BCUT2D eigenvalue weighted by molar-refractivity contribution is 7.93. The van der Waals surface area contributed by atoms with E-state index in [0.29, 0.717) is 43.4 Å². The van der Waals surface area contributed by atoms with Crippen molar-refractivity contribution in [3.63, 3.8) is 0 Å². The second-order valence-corrected chi connectivity index (χ2v) is 24.4. The van der Waals surface area contributed by atoms with Gasteiger partial charge in [-0.1, -0.05) is 196 Å². The fourth-order valence-electron chi connectivity index (χ4n) is 10.2. The molecule has 0 heterocycles. The molecule has 10 aromatic carbocycles. The van der Waals surface area contributed by atoms with Crippen LogP contribution in [-0.4, -0.2) is 61.0 Å². The minimum atomic E-state index is -5.62. The lowest BCUT2D eigenvalue weighted by Gasteiger charge is -2.21. The molecule has 0 aliphatic carbocycles. The van der Waals surface area contributed by atoms with E-state index in [9.17, 15) is 64.0 Å². The summed E-state index contributed by atoms with van der Waals surface area (Å²) in [5.74, 6) is -2.11. The zero-order valence-electron chi connectivity index (χ0n) is 50.3. The first-order valence-electron chi connectivity index (χ1n) is 28.0. The highest BCUT2D eigenvalue weighted by Crippen LogP contribution is 2.41. The van der Waals surface area contributed by atoms with Crippen LogP contribution in [-0.2, 0) is 95.9 Å². The molecule has 0 aliphatic rings.